The summed E-state index contributed by atoms with van der Waals surface area (Å²) >= 11 is 18.2. The largest absolute Gasteiger partial charge is 0.351 e. The van der Waals surface area contributed by atoms with Crippen LogP contribution < -0.4 is 5.43 Å². The molecular formula is C16H11Cl2N3O2S2. The molecule has 0 atom stereocenters. The third kappa shape index (κ3) is 3.74. The topological polar surface area (TPSA) is 54.3 Å². The molecule has 2 heterocycles. The van der Waals surface area contributed by atoms with Crippen LogP contribution in [0.4, 0.5) is 0 Å². The maximum atomic E-state index is 12.5. The van der Waals surface area contributed by atoms with E-state index in [1.54, 1.807) is 12.1 Å². The highest BCUT2D eigenvalue weighted by molar-refractivity contribution is 8.26. The molecule has 0 unspecified atom stereocenters. The lowest BCUT2D eigenvalue weighted by atomic mass is 10.2. The van der Waals surface area contributed by atoms with E-state index in [2.05, 4.69) is 5.43 Å². The highest BCUT2D eigenvalue weighted by Gasteiger charge is 2.34. The minimum atomic E-state index is -0.543. The molecule has 3 rings (SSSR count). The fourth-order valence-electron chi connectivity index (χ4n) is 2.16. The highest BCUT2D eigenvalue weighted by Crippen LogP contribution is 2.31. The molecule has 128 valence electrons. The number of hydrogen-bond acceptors (Lipinski definition) is 4. The standard InChI is InChI=1S/C16H11Cl2N3O2S2/c1-20-6-2-3-10(20)8-13-15(23)21(16(24)25-13)19-14(22)11-5-4-9(17)7-12(11)18/h2-8H,1H3,(H,19,22)/b13-8+. The Bertz CT molecular complexity index is 924. The van der Waals surface area contributed by atoms with Gasteiger partial charge in [0.05, 0.1) is 15.5 Å². The van der Waals surface area contributed by atoms with Gasteiger partial charge in [-0.2, -0.15) is 5.01 Å². The second-order valence-electron chi connectivity index (χ2n) is 5.13. The maximum absolute atomic E-state index is 12.5. The summed E-state index contributed by atoms with van der Waals surface area (Å²) < 4.78 is 2.11. The lowest BCUT2D eigenvalue weighted by molar-refractivity contribution is -0.123. The molecule has 1 saturated heterocycles. The van der Waals surface area contributed by atoms with Crippen LogP contribution in [-0.2, 0) is 11.8 Å². The number of benzene rings is 1. The van der Waals surface area contributed by atoms with Crippen molar-refractivity contribution in [2.45, 2.75) is 0 Å². The van der Waals surface area contributed by atoms with E-state index in [0.717, 1.165) is 22.5 Å². The summed E-state index contributed by atoms with van der Waals surface area (Å²) in [6.07, 6.45) is 3.59. The summed E-state index contributed by atoms with van der Waals surface area (Å²) in [7, 11) is 1.87. The lowest BCUT2D eigenvalue weighted by Crippen LogP contribution is -2.44. The predicted molar refractivity (Wildman–Crippen MR) is 104 cm³/mol. The average molecular weight is 412 g/mol. The SMILES string of the molecule is Cn1cccc1/C=C1/SC(=S)N(NC(=O)c2ccc(Cl)cc2Cl)C1=O. The summed E-state index contributed by atoms with van der Waals surface area (Å²) in [5.41, 5.74) is 3.54. The molecule has 9 heteroatoms. The van der Waals surface area contributed by atoms with Gasteiger partial charge in [0.2, 0.25) is 0 Å². The second kappa shape index (κ2) is 7.21. The number of carbonyl (C=O) groups is 2. The van der Waals surface area contributed by atoms with Crippen molar-refractivity contribution in [3.05, 3.63) is 62.7 Å². The number of rotatable bonds is 3. The van der Waals surface area contributed by atoms with Crippen LogP contribution in [0, 0.1) is 0 Å². The number of thioether (sulfide) groups is 1. The number of nitrogens with zero attached hydrogens (tertiary/aromatic N) is 2. The minimum Gasteiger partial charge on any atom is -0.351 e. The predicted octanol–water partition coefficient (Wildman–Crippen LogP) is 3.88. The first kappa shape index (κ1) is 18.0. The smallest absolute Gasteiger partial charge is 0.285 e. The molecule has 0 aliphatic carbocycles. The van der Waals surface area contributed by atoms with Crippen LogP contribution in [0.25, 0.3) is 6.08 Å². The van der Waals surface area contributed by atoms with Crippen LogP contribution in [0.2, 0.25) is 10.0 Å². The molecule has 5 nitrogen and oxygen atoms in total. The van der Waals surface area contributed by atoms with Gasteiger partial charge in [0, 0.05) is 24.0 Å². The molecule has 1 aromatic carbocycles. The lowest BCUT2D eigenvalue weighted by Gasteiger charge is -2.16. The van der Waals surface area contributed by atoms with Gasteiger partial charge in [0.15, 0.2) is 4.32 Å². The van der Waals surface area contributed by atoms with E-state index in [0.29, 0.717) is 9.93 Å². The number of halogens is 2. The molecular weight excluding hydrogens is 401 g/mol. The molecule has 0 spiro atoms. The van der Waals surface area contributed by atoms with Crippen molar-refractivity contribution in [3.8, 4) is 0 Å². The van der Waals surface area contributed by atoms with Gasteiger partial charge in [-0.3, -0.25) is 15.0 Å². The first-order valence-corrected chi connectivity index (χ1v) is 9.00. The van der Waals surface area contributed by atoms with Crippen LogP contribution in [0.5, 0.6) is 0 Å². The van der Waals surface area contributed by atoms with E-state index in [9.17, 15) is 9.59 Å². The number of aromatic nitrogens is 1. The number of thiocarbonyl (C=S) groups is 1. The number of hydrogen-bond donors (Lipinski definition) is 1. The Balaban J connectivity index is 1.80. The molecule has 0 bridgehead atoms. The Morgan fingerprint density at radius 2 is 2.08 bits per heavy atom. The third-order valence-corrected chi connectivity index (χ3v) is 5.30. The summed E-state index contributed by atoms with van der Waals surface area (Å²) in [5.74, 6) is -0.937. The summed E-state index contributed by atoms with van der Waals surface area (Å²) in [4.78, 5) is 25.3. The van der Waals surface area contributed by atoms with Gasteiger partial charge in [0.25, 0.3) is 11.8 Å². The van der Waals surface area contributed by atoms with E-state index in [-0.39, 0.29) is 14.9 Å². The van der Waals surface area contributed by atoms with Crippen molar-refractivity contribution in [3.63, 3.8) is 0 Å². The second-order valence-corrected chi connectivity index (χ2v) is 7.65. The number of nitrogens with one attached hydrogen (secondary N) is 1. The van der Waals surface area contributed by atoms with Crippen molar-refractivity contribution >= 4 is 69.4 Å². The Hall–Kier alpha value is -1.80. The van der Waals surface area contributed by atoms with Crippen molar-refractivity contribution in [1.82, 2.24) is 15.0 Å². The molecule has 25 heavy (non-hydrogen) atoms. The molecule has 1 aliphatic heterocycles. The Morgan fingerprint density at radius 1 is 1.32 bits per heavy atom. The Kier molecular flexibility index (Phi) is 5.19. The summed E-state index contributed by atoms with van der Waals surface area (Å²) in [6, 6.07) is 8.23. The van der Waals surface area contributed by atoms with Gasteiger partial charge in [-0.1, -0.05) is 35.0 Å². The maximum Gasteiger partial charge on any atom is 0.285 e. The Labute approximate surface area is 163 Å². The monoisotopic (exact) mass is 411 g/mol. The average Bonchev–Trinajstić information content (AvgIpc) is 3.06. The zero-order valence-electron chi connectivity index (χ0n) is 12.8. The number of hydrazine groups is 1. The van der Waals surface area contributed by atoms with Crippen molar-refractivity contribution in [2.75, 3.05) is 0 Å². The normalized spacial score (nSPS) is 16.0. The van der Waals surface area contributed by atoms with Crippen LogP contribution in [0.15, 0.2) is 41.4 Å². The van der Waals surface area contributed by atoms with Crippen molar-refractivity contribution in [2.24, 2.45) is 7.05 Å². The molecule has 1 aromatic heterocycles. The van der Waals surface area contributed by atoms with Crippen molar-refractivity contribution < 1.29 is 9.59 Å². The van der Waals surface area contributed by atoms with E-state index in [4.69, 9.17) is 35.4 Å². The van der Waals surface area contributed by atoms with Crippen LogP contribution >= 0.6 is 47.2 Å². The highest BCUT2D eigenvalue weighted by atomic mass is 35.5. The quantitative estimate of drug-likeness (QED) is 0.614. The Morgan fingerprint density at radius 3 is 2.72 bits per heavy atom. The first-order chi connectivity index (χ1) is 11.9. The number of amides is 2. The minimum absolute atomic E-state index is 0.190. The molecule has 0 radical (unpaired) electrons. The first-order valence-electron chi connectivity index (χ1n) is 7.02. The van der Waals surface area contributed by atoms with Crippen LogP contribution in [0.1, 0.15) is 16.1 Å². The third-order valence-electron chi connectivity index (χ3n) is 3.45. The van der Waals surface area contributed by atoms with Gasteiger partial charge in [-0.15, -0.1) is 0 Å². The van der Waals surface area contributed by atoms with Gasteiger partial charge >= 0.3 is 0 Å². The molecule has 1 N–H and O–H groups in total. The van der Waals surface area contributed by atoms with E-state index >= 15 is 0 Å². The molecule has 2 aromatic rings. The van der Waals surface area contributed by atoms with Crippen LogP contribution in [-0.4, -0.2) is 25.7 Å². The molecule has 2 amide bonds. The molecule has 1 aliphatic rings. The number of aryl methyl sites for hydroxylation is 1. The van der Waals surface area contributed by atoms with Gasteiger partial charge in [0.1, 0.15) is 0 Å². The molecule has 0 saturated carbocycles. The van der Waals surface area contributed by atoms with Gasteiger partial charge in [-0.05, 0) is 48.6 Å². The fourth-order valence-corrected chi connectivity index (χ4v) is 3.82. The van der Waals surface area contributed by atoms with Gasteiger partial charge < -0.3 is 4.57 Å². The summed E-state index contributed by atoms with van der Waals surface area (Å²) in [5, 5.41) is 1.65. The summed E-state index contributed by atoms with van der Waals surface area (Å²) in [6.45, 7) is 0. The van der Waals surface area contributed by atoms with E-state index < -0.39 is 11.8 Å². The number of carbonyl (C=O) groups excluding carboxylic acids is 2. The van der Waals surface area contributed by atoms with E-state index in [1.165, 1.54) is 12.1 Å². The van der Waals surface area contributed by atoms with Crippen LogP contribution in [0.3, 0.4) is 0 Å². The molecule has 1 fully saturated rings. The zero-order chi connectivity index (χ0) is 18.1. The fraction of sp³-hybridized carbons (Fsp3) is 0.0625. The van der Waals surface area contributed by atoms with E-state index in [1.807, 2.05) is 29.9 Å². The zero-order valence-corrected chi connectivity index (χ0v) is 16.0. The van der Waals surface area contributed by atoms with Crippen molar-refractivity contribution in [1.29, 1.82) is 0 Å². The van der Waals surface area contributed by atoms with Gasteiger partial charge in [-0.25, -0.2) is 0 Å².